The van der Waals surface area contributed by atoms with E-state index in [1.165, 1.54) is 6.07 Å². The maximum Gasteiger partial charge on any atom is 0.269 e. The van der Waals surface area contributed by atoms with Crippen LogP contribution in [-0.2, 0) is 10.0 Å². The first-order valence-corrected chi connectivity index (χ1v) is 7.28. The second-order valence-corrected chi connectivity index (χ2v) is 6.11. The van der Waals surface area contributed by atoms with Crippen LogP contribution in [0.1, 0.15) is 30.6 Å². The lowest BCUT2D eigenvalue weighted by Gasteiger charge is -2.21. The summed E-state index contributed by atoms with van der Waals surface area (Å²) < 4.78 is 25.7. The molecule has 1 aromatic rings. The van der Waals surface area contributed by atoms with E-state index in [1.807, 2.05) is 6.92 Å². The van der Waals surface area contributed by atoms with Crippen molar-refractivity contribution in [2.75, 3.05) is 12.4 Å². The monoisotopic (exact) mass is 268 g/mol. The van der Waals surface area contributed by atoms with E-state index in [0.29, 0.717) is 12.1 Å². The highest BCUT2D eigenvalue weighted by atomic mass is 32.2. The Hall–Kier alpha value is -1.56. The van der Waals surface area contributed by atoms with Crippen molar-refractivity contribution < 1.29 is 13.2 Å². The lowest BCUT2D eigenvalue weighted by molar-refractivity contribution is 0.0838. The number of sulfonamides is 1. The largest absolute Gasteiger partial charge is 0.388 e. The molecule has 0 saturated heterocycles. The molecule has 1 atom stereocenters. The Morgan fingerprint density at radius 1 is 1.39 bits per heavy atom. The highest BCUT2D eigenvalue weighted by Crippen LogP contribution is 2.34. The summed E-state index contributed by atoms with van der Waals surface area (Å²) in [6.07, 6.45) is 0.595. The van der Waals surface area contributed by atoms with Crippen molar-refractivity contribution in [2.24, 2.45) is 0 Å². The summed E-state index contributed by atoms with van der Waals surface area (Å²) in [5, 5.41) is 2.87. The smallest absolute Gasteiger partial charge is 0.269 e. The molecule has 1 aliphatic heterocycles. The van der Waals surface area contributed by atoms with Crippen LogP contribution in [0.5, 0.6) is 0 Å². The first kappa shape index (κ1) is 12.9. The molecule has 0 aliphatic carbocycles. The molecule has 98 valence electrons. The van der Waals surface area contributed by atoms with Crippen molar-refractivity contribution in [3.05, 3.63) is 23.8 Å². The van der Waals surface area contributed by atoms with Crippen LogP contribution in [0.15, 0.2) is 23.1 Å². The first-order chi connectivity index (χ1) is 8.43. The van der Waals surface area contributed by atoms with E-state index in [9.17, 15) is 13.2 Å². The van der Waals surface area contributed by atoms with Gasteiger partial charge in [-0.15, -0.1) is 0 Å². The summed E-state index contributed by atoms with van der Waals surface area (Å²) in [4.78, 5) is 12.2. The van der Waals surface area contributed by atoms with Gasteiger partial charge in [-0.1, -0.05) is 6.92 Å². The Morgan fingerprint density at radius 2 is 2.06 bits per heavy atom. The van der Waals surface area contributed by atoms with Crippen LogP contribution in [0, 0.1) is 0 Å². The highest BCUT2D eigenvalue weighted by Gasteiger charge is 2.43. The minimum absolute atomic E-state index is 0.0969. The number of nitrogens with zero attached hydrogens (tertiary/aromatic N) is 1. The number of nitrogens with one attached hydrogen (secondary N) is 1. The van der Waals surface area contributed by atoms with Gasteiger partial charge in [0.05, 0.1) is 5.56 Å². The zero-order valence-corrected chi connectivity index (χ0v) is 11.4. The SMILES string of the molecule is CCC(C)N1C(=O)c2ccc(NC)cc2S1(=O)=O. The van der Waals surface area contributed by atoms with Gasteiger partial charge in [0.15, 0.2) is 0 Å². The van der Waals surface area contributed by atoms with Gasteiger partial charge in [0.1, 0.15) is 4.90 Å². The third-order valence-electron chi connectivity index (χ3n) is 3.23. The van der Waals surface area contributed by atoms with E-state index in [0.717, 1.165) is 4.31 Å². The molecule has 0 radical (unpaired) electrons. The van der Waals surface area contributed by atoms with Gasteiger partial charge in [-0.3, -0.25) is 4.79 Å². The molecule has 2 rings (SSSR count). The number of hydrogen-bond donors (Lipinski definition) is 1. The molecule has 0 bridgehead atoms. The summed E-state index contributed by atoms with van der Waals surface area (Å²) in [6, 6.07) is 4.44. The van der Waals surface area contributed by atoms with Gasteiger partial charge < -0.3 is 5.32 Å². The summed E-state index contributed by atoms with van der Waals surface area (Å²) in [5.41, 5.74) is 0.936. The Labute approximate surface area is 107 Å². The van der Waals surface area contributed by atoms with Gasteiger partial charge in [0, 0.05) is 18.8 Å². The molecular weight excluding hydrogens is 252 g/mol. The van der Waals surface area contributed by atoms with Crippen LogP contribution in [0.4, 0.5) is 5.69 Å². The molecule has 1 N–H and O–H groups in total. The summed E-state index contributed by atoms with van der Waals surface area (Å²) in [5.74, 6) is -0.429. The number of fused-ring (bicyclic) bond motifs is 1. The van der Waals surface area contributed by atoms with E-state index in [2.05, 4.69) is 5.32 Å². The van der Waals surface area contributed by atoms with Crippen LogP contribution < -0.4 is 5.32 Å². The number of carbonyl (C=O) groups is 1. The molecule has 0 spiro atoms. The molecule has 1 unspecified atom stereocenters. The zero-order chi connectivity index (χ0) is 13.5. The van der Waals surface area contributed by atoms with Crippen molar-refractivity contribution in [2.45, 2.75) is 31.2 Å². The van der Waals surface area contributed by atoms with Crippen molar-refractivity contribution in [3.63, 3.8) is 0 Å². The maximum atomic E-state index is 12.3. The molecular formula is C12H16N2O3S. The molecule has 1 amide bonds. The van der Waals surface area contributed by atoms with Gasteiger partial charge in [-0.05, 0) is 31.5 Å². The van der Waals surface area contributed by atoms with Crippen molar-refractivity contribution in [3.8, 4) is 0 Å². The lowest BCUT2D eigenvalue weighted by Crippen LogP contribution is -2.37. The van der Waals surface area contributed by atoms with Crippen LogP contribution >= 0.6 is 0 Å². The molecule has 0 fully saturated rings. The van der Waals surface area contributed by atoms with Crippen molar-refractivity contribution in [1.82, 2.24) is 4.31 Å². The average molecular weight is 268 g/mol. The number of hydrogen-bond acceptors (Lipinski definition) is 4. The fourth-order valence-electron chi connectivity index (χ4n) is 2.00. The normalized spacial score (nSPS) is 18.6. The van der Waals surface area contributed by atoms with E-state index in [-0.39, 0.29) is 16.5 Å². The fraction of sp³-hybridized carbons (Fsp3) is 0.417. The molecule has 0 aromatic heterocycles. The topological polar surface area (TPSA) is 66.5 Å². The number of carbonyl (C=O) groups excluding carboxylic acids is 1. The fourth-order valence-corrected chi connectivity index (χ4v) is 3.87. The molecule has 1 heterocycles. The van der Waals surface area contributed by atoms with Crippen LogP contribution in [0.2, 0.25) is 0 Å². The second-order valence-electron chi connectivity index (χ2n) is 4.32. The van der Waals surface area contributed by atoms with Crippen LogP contribution in [0.3, 0.4) is 0 Å². The Morgan fingerprint density at radius 3 is 2.61 bits per heavy atom. The van der Waals surface area contributed by atoms with Gasteiger partial charge >= 0.3 is 0 Å². The van der Waals surface area contributed by atoms with Gasteiger partial charge in [0.2, 0.25) is 0 Å². The quantitative estimate of drug-likeness (QED) is 0.905. The Bertz CT molecular complexity index is 595. The summed E-state index contributed by atoms with van der Waals surface area (Å²) >= 11 is 0. The predicted molar refractivity (Wildman–Crippen MR) is 69.1 cm³/mol. The maximum absolute atomic E-state index is 12.3. The van der Waals surface area contributed by atoms with Gasteiger partial charge in [-0.25, -0.2) is 12.7 Å². The number of rotatable bonds is 3. The van der Waals surface area contributed by atoms with Gasteiger partial charge in [0.25, 0.3) is 15.9 Å². The minimum Gasteiger partial charge on any atom is -0.388 e. The average Bonchev–Trinajstić information content (AvgIpc) is 2.56. The molecule has 1 aromatic carbocycles. The Balaban J connectivity index is 2.61. The highest BCUT2D eigenvalue weighted by molar-refractivity contribution is 7.90. The van der Waals surface area contributed by atoms with E-state index in [1.54, 1.807) is 26.1 Å². The van der Waals surface area contributed by atoms with Crippen LogP contribution in [-0.4, -0.2) is 31.7 Å². The van der Waals surface area contributed by atoms with E-state index >= 15 is 0 Å². The molecule has 6 heteroatoms. The van der Waals surface area contributed by atoms with E-state index in [4.69, 9.17) is 0 Å². The van der Waals surface area contributed by atoms with E-state index < -0.39 is 15.9 Å². The van der Waals surface area contributed by atoms with Crippen LogP contribution in [0.25, 0.3) is 0 Å². The molecule has 0 saturated carbocycles. The molecule has 1 aliphatic rings. The minimum atomic E-state index is -3.70. The first-order valence-electron chi connectivity index (χ1n) is 5.84. The second kappa shape index (κ2) is 4.28. The van der Waals surface area contributed by atoms with Crippen molar-refractivity contribution >= 4 is 21.6 Å². The Kier molecular flexibility index (Phi) is 3.06. The summed E-state index contributed by atoms with van der Waals surface area (Å²) in [6.45, 7) is 3.59. The number of amides is 1. The van der Waals surface area contributed by atoms with Crippen molar-refractivity contribution in [1.29, 1.82) is 0 Å². The lowest BCUT2D eigenvalue weighted by atomic mass is 10.1. The standard InChI is InChI=1S/C12H16N2O3S/c1-4-8(2)14-12(15)10-6-5-9(13-3)7-11(10)18(14,16)17/h5-8,13H,4H2,1-3H3. The summed E-state index contributed by atoms with van der Waals surface area (Å²) in [7, 11) is -1.99. The third-order valence-corrected chi connectivity index (χ3v) is 5.17. The molecule has 5 nitrogen and oxygen atoms in total. The van der Waals surface area contributed by atoms with Gasteiger partial charge in [-0.2, -0.15) is 0 Å². The number of benzene rings is 1. The predicted octanol–water partition coefficient (Wildman–Crippen LogP) is 1.67. The molecule has 18 heavy (non-hydrogen) atoms. The third kappa shape index (κ3) is 1.68. The zero-order valence-electron chi connectivity index (χ0n) is 10.6. The number of anilines is 1.